The topological polar surface area (TPSA) is 39.9 Å². The van der Waals surface area contributed by atoms with Gasteiger partial charge in [-0.3, -0.25) is 4.90 Å². The lowest BCUT2D eigenvalue weighted by Gasteiger charge is -2.40. The van der Waals surface area contributed by atoms with Gasteiger partial charge in [0.15, 0.2) is 0 Å². The number of piperidine rings is 1. The van der Waals surface area contributed by atoms with Crippen LogP contribution in [0.25, 0.3) is 5.57 Å². The van der Waals surface area contributed by atoms with Crippen molar-refractivity contribution in [3.63, 3.8) is 0 Å². The van der Waals surface area contributed by atoms with Crippen molar-refractivity contribution in [1.82, 2.24) is 9.88 Å². The van der Waals surface area contributed by atoms with Crippen molar-refractivity contribution in [2.75, 3.05) is 13.1 Å². The summed E-state index contributed by atoms with van der Waals surface area (Å²) in [6.07, 6.45) is 6.23. The van der Waals surface area contributed by atoms with Crippen molar-refractivity contribution in [2.45, 2.75) is 58.2 Å². The summed E-state index contributed by atoms with van der Waals surface area (Å²) in [7, 11) is 0. The number of rotatable bonds is 4. The molecular weight excluding hydrogens is 320 g/mol. The molecule has 1 saturated heterocycles. The smallest absolute Gasteiger partial charge is 0.217 e. The highest BCUT2D eigenvalue weighted by Crippen LogP contribution is 2.37. The van der Waals surface area contributed by atoms with Crippen LogP contribution in [-0.4, -0.2) is 29.1 Å². The van der Waals surface area contributed by atoms with Crippen LogP contribution in [0.4, 0.5) is 8.78 Å². The van der Waals surface area contributed by atoms with Crippen LogP contribution in [0.15, 0.2) is 18.2 Å². The van der Waals surface area contributed by atoms with Gasteiger partial charge in [0.05, 0.1) is 11.8 Å². The van der Waals surface area contributed by atoms with Crippen LogP contribution < -0.4 is 0 Å². The van der Waals surface area contributed by atoms with E-state index < -0.39 is 17.5 Å². The Morgan fingerprint density at radius 1 is 1.40 bits per heavy atom. The SMILES string of the molecule is CC1(CC#N)CCN(Cc2ccc(C3=CCCCC3)nc2F)CC1F. The van der Waals surface area contributed by atoms with Crippen LogP contribution >= 0.6 is 0 Å². The van der Waals surface area contributed by atoms with E-state index in [-0.39, 0.29) is 13.0 Å². The first-order valence-corrected chi connectivity index (χ1v) is 9.10. The van der Waals surface area contributed by atoms with Gasteiger partial charge < -0.3 is 0 Å². The fourth-order valence-corrected chi connectivity index (χ4v) is 3.70. The number of pyridine rings is 1. The number of allylic oxidation sites excluding steroid dienone is 2. The number of hydrogen-bond acceptors (Lipinski definition) is 3. The molecule has 134 valence electrons. The van der Waals surface area contributed by atoms with Gasteiger partial charge in [-0.2, -0.15) is 9.65 Å². The second kappa shape index (κ2) is 7.61. The lowest BCUT2D eigenvalue weighted by molar-refractivity contribution is 0.0181. The minimum absolute atomic E-state index is 0.224. The van der Waals surface area contributed by atoms with E-state index in [0.29, 0.717) is 25.1 Å². The van der Waals surface area contributed by atoms with Crippen LogP contribution in [0.2, 0.25) is 0 Å². The molecule has 3 nitrogen and oxygen atoms in total. The van der Waals surface area contributed by atoms with Gasteiger partial charge in [0.1, 0.15) is 6.17 Å². The van der Waals surface area contributed by atoms with Gasteiger partial charge in [-0.15, -0.1) is 0 Å². The average molecular weight is 345 g/mol. The van der Waals surface area contributed by atoms with Gasteiger partial charge in [0.2, 0.25) is 5.95 Å². The standard InChI is InChI=1S/C20H25F2N3/c1-20(9-11-23)10-12-25(14-18(20)21)13-16-7-8-17(24-19(16)22)15-5-3-2-4-6-15/h5,7-8,18H,2-4,6,9-10,12-14H2,1H3. The molecule has 5 heteroatoms. The minimum atomic E-state index is -1.07. The quantitative estimate of drug-likeness (QED) is 0.746. The molecule has 2 atom stereocenters. The van der Waals surface area contributed by atoms with Crippen LogP contribution in [0.1, 0.15) is 56.7 Å². The molecule has 1 aliphatic carbocycles. The third-order valence-corrected chi connectivity index (χ3v) is 5.60. The van der Waals surface area contributed by atoms with Crippen LogP contribution in [0.5, 0.6) is 0 Å². The van der Waals surface area contributed by atoms with E-state index in [1.807, 2.05) is 17.9 Å². The summed E-state index contributed by atoms with van der Waals surface area (Å²) >= 11 is 0. The van der Waals surface area contributed by atoms with Crippen molar-refractivity contribution in [1.29, 1.82) is 5.26 Å². The van der Waals surface area contributed by atoms with E-state index in [0.717, 1.165) is 30.5 Å². The van der Waals surface area contributed by atoms with E-state index in [1.165, 1.54) is 6.42 Å². The molecule has 0 spiro atoms. The van der Waals surface area contributed by atoms with E-state index in [9.17, 15) is 8.78 Å². The third kappa shape index (κ3) is 4.07. The molecule has 3 rings (SSSR count). The predicted molar refractivity (Wildman–Crippen MR) is 93.8 cm³/mol. The van der Waals surface area contributed by atoms with Crippen molar-refractivity contribution in [2.24, 2.45) is 5.41 Å². The molecular formula is C20H25F2N3. The Labute approximate surface area is 148 Å². The monoisotopic (exact) mass is 345 g/mol. The van der Waals surface area contributed by atoms with Gasteiger partial charge in [-0.1, -0.05) is 19.1 Å². The van der Waals surface area contributed by atoms with Crippen LogP contribution in [0.3, 0.4) is 0 Å². The molecule has 0 saturated carbocycles. The Morgan fingerprint density at radius 3 is 2.88 bits per heavy atom. The molecule has 0 radical (unpaired) electrons. The highest BCUT2D eigenvalue weighted by molar-refractivity contribution is 5.63. The van der Waals surface area contributed by atoms with E-state index in [2.05, 4.69) is 17.1 Å². The third-order valence-electron chi connectivity index (χ3n) is 5.60. The fourth-order valence-electron chi connectivity index (χ4n) is 3.70. The number of likely N-dealkylation sites (tertiary alicyclic amines) is 1. The van der Waals surface area contributed by atoms with E-state index in [4.69, 9.17) is 5.26 Å². The normalized spacial score (nSPS) is 27.6. The molecule has 0 N–H and O–H groups in total. The number of nitriles is 1. The summed E-state index contributed by atoms with van der Waals surface area (Å²) in [5, 5.41) is 8.88. The summed E-state index contributed by atoms with van der Waals surface area (Å²) < 4.78 is 28.9. The highest BCUT2D eigenvalue weighted by Gasteiger charge is 2.39. The number of alkyl halides is 1. The average Bonchev–Trinajstić information content (AvgIpc) is 2.61. The molecule has 1 aromatic heterocycles. The second-order valence-corrected chi connectivity index (χ2v) is 7.56. The van der Waals surface area contributed by atoms with Gasteiger partial charge in [0, 0.05) is 30.5 Å². The Balaban J connectivity index is 1.66. The largest absolute Gasteiger partial charge is 0.296 e. The molecule has 1 fully saturated rings. The Hall–Kier alpha value is -1.80. The molecule has 0 bridgehead atoms. The van der Waals surface area contributed by atoms with Crippen LogP contribution in [-0.2, 0) is 6.54 Å². The zero-order chi connectivity index (χ0) is 17.9. The maximum atomic E-state index is 14.5. The molecule has 25 heavy (non-hydrogen) atoms. The summed E-state index contributed by atoms with van der Waals surface area (Å²) in [6.45, 7) is 3.10. The van der Waals surface area contributed by atoms with Crippen LogP contribution in [0, 0.1) is 22.7 Å². The fraction of sp³-hybridized carbons (Fsp3) is 0.600. The zero-order valence-electron chi connectivity index (χ0n) is 14.8. The first kappa shape index (κ1) is 18.0. The van der Waals surface area contributed by atoms with Gasteiger partial charge in [0.25, 0.3) is 0 Å². The van der Waals surface area contributed by atoms with Gasteiger partial charge in [-0.05, 0) is 50.3 Å². The van der Waals surface area contributed by atoms with E-state index >= 15 is 0 Å². The van der Waals surface area contributed by atoms with Crippen molar-refractivity contribution < 1.29 is 8.78 Å². The summed E-state index contributed by atoms with van der Waals surface area (Å²) in [4.78, 5) is 6.06. The lowest BCUT2D eigenvalue weighted by Crippen LogP contribution is -2.47. The molecule has 0 aromatic carbocycles. The number of nitrogens with zero attached hydrogens (tertiary/aromatic N) is 3. The summed E-state index contributed by atoms with van der Waals surface area (Å²) in [5.74, 6) is -0.454. The Bertz CT molecular complexity index is 695. The Morgan fingerprint density at radius 2 is 2.24 bits per heavy atom. The summed E-state index contributed by atoms with van der Waals surface area (Å²) in [6, 6.07) is 5.75. The highest BCUT2D eigenvalue weighted by atomic mass is 19.1. The molecule has 2 heterocycles. The van der Waals surface area contributed by atoms with Gasteiger partial charge in [-0.25, -0.2) is 9.37 Å². The molecule has 1 aromatic rings. The first-order valence-electron chi connectivity index (χ1n) is 9.10. The molecule has 0 amide bonds. The number of hydrogen-bond donors (Lipinski definition) is 0. The maximum absolute atomic E-state index is 14.5. The van der Waals surface area contributed by atoms with Crippen molar-refractivity contribution >= 4 is 5.57 Å². The van der Waals surface area contributed by atoms with Crippen molar-refractivity contribution in [3.8, 4) is 6.07 Å². The minimum Gasteiger partial charge on any atom is -0.296 e. The Kier molecular flexibility index (Phi) is 5.48. The predicted octanol–water partition coefficient (Wildman–Crippen LogP) is 4.64. The van der Waals surface area contributed by atoms with Gasteiger partial charge >= 0.3 is 0 Å². The second-order valence-electron chi connectivity index (χ2n) is 7.56. The number of aromatic nitrogens is 1. The molecule has 1 aliphatic heterocycles. The number of halogens is 2. The maximum Gasteiger partial charge on any atom is 0.217 e. The molecule has 2 unspecified atom stereocenters. The van der Waals surface area contributed by atoms with E-state index in [1.54, 1.807) is 6.07 Å². The lowest BCUT2D eigenvalue weighted by atomic mass is 9.76. The zero-order valence-corrected chi connectivity index (χ0v) is 14.8. The summed E-state index contributed by atoms with van der Waals surface area (Å²) in [5.41, 5.74) is 1.78. The molecule has 2 aliphatic rings. The van der Waals surface area contributed by atoms with Crippen molar-refractivity contribution in [3.05, 3.63) is 35.4 Å². The first-order chi connectivity index (χ1) is 12.0.